The molecule has 1 aromatic rings. The van der Waals surface area contributed by atoms with E-state index in [0.717, 1.165) is 12.8 Å². The molecule has 2 heterocycles. The van der Waals surface area contributed by atoms with Gasteiger partial charge in [-0.2, -0.15) is 0 Å². The van der Waals surface area contributed by atoms with Crippen LogP contribution < -0.4 is 15.4 Å². The lowest BCUT2D eigenvalue weighted by molar-refractivity contribution is 0.0920. The fourth-order valence-electron chi connectivity index (χ4n) is 3.37. The number of para-hydroxylation sites is 1. The van der Waals surface area contributed by atoms with Crippen LogP contribution in [0, 0.1) is 0 Å². The highest BCUT2D eigenvalue weighted by Gasteiger charge is 2.34. The lowest BCUT2D eigenvalue weighted by atomic mass is 9.99. The molecule has 2 atom stereocenters. The summed E-state index contributed by atoms with van der Waals surface area (Å²) in [6.45, 7) is 4.04. The zero-order valence-corrected chi connectivity index (χ0v) is 12.2. The first kappa shape index (κ1) is 14.1. The van der Waals surface area contributed by atoms with Gasteiger partial charge in [0, 0.05) is 18.1 Å². The molecule has 1 amide bonds. The minimum Gasteiger partial charge on any atom is -0.489 e. The monoisotopic (exact) mass is 286 g/mol. The summed E-state index contributed by atoms with van der Waals surface area (Å²) >= 11 is 0. The van der Waals surface area contributed by atoms with Crippen LogP contribution in [-0.4, -0.2) is 30.6 Å². The molecule has 2 bridgehead atoms. The molecule has 2 fully saturated rings. The minimum atomic E-state index is -0.0408. The molecule has 3 rings (SSSR count). The standard InChI is InChI=1S/C17H22N2O2/c1-2-9-21-16-6-4-3-5-15(16)17(20)19-14-10-12-7-8-13(11-14)18-12/h2-6,12-14,18H,1,7-11H2,(H,19,20). The molecule has 2 unspecified atom stereocenters. The van der Waals surface area contributed by atoms with Crippen molar-refractivity contribution < 1.29 is 9.53 Å². The maximum atomic E-state index is 12.5. The van der Waals surface area contributed by atoms with Crippen molar-refractivity contribution >= 4 is 5.91 Å². The molecule has 4 heteroatoms. The molecular formula is C17H22N2O2. The number of carbonyl (C=O) groups excluding carboxylic acids is 1. The Morgan fingerprint density at radius 1 is 1.33 bits per heavy atom. The van der Waals surface area contributed by atoms with Crippen molar-refractivity contribution in [3.05, 3.63) is 42.5 Å². The third kappa shape index (κ3) is 3.27. The summed E-state index contributed by atoms with van der Waals surface area (Å²) in [6.07, 6.45) is 6.20. The van der Waals surface area contributed by atoms with Crippen LogP contribution in [-0.2, 0) is 0 Å². The van der Waals surface area contributed by atoms with Gasteiger partial charge in [0.2, 0.25) is 0 Å². The van der Waals surface area contributed by atoms with Gasteiger partial charge in [-0.1, -0.05) is 24.8 Å². The van der Waals surface area contributed by atoms with Crippen LogP contribution in [0.25, 0.3) is 0 Å². The number of ether oxygens (including phenoxy) is 1. The Labute approximate surface area is 125 Å². The average Bonchev–Trinajstić information content (AvgIpc) is 2.84. The molecule has 0 aromatic heterocycles. The van der Waals surface area contributed by atoms with Gasteiger partial charge < -0.3 is 15.4 Å². The largest absolute Gasteiger partial charge is 0.489 e. The van der Waals surface area contributed by atoms with Crippen LogP contribution in [0.5, 0.6) is 5.75 Å². The van der Waals surface area contributed by atoms with Gasteiger partial charge in [0.15, 0.2) is 0 Å². The molecule has 2 saturated heterocycles. The third-order valence-electron chi connectivity index (χ3n) is 4.30. The van der Waals surface area contributed by atoms with Gasteiger partial charge in [-0.15, -0.1) is 0 Å². The Kier molecular flexibility index (Phi) is 4.25. The Hall–Kier alpha value is -1.81. The van der Waals surface area contributed by atoms with E-state index >= 15 is 0 Å². The van der Waals surface area contributed by atoms with E-state index in [-0.39, 0.29) is 11.9 Å². The van der Waals surface area contributed by atoms with Gasteiger partial charge in [0.25, 0.3) is 5.91 Å². The van der Waals surface area contributed by atoms with E-state index in [1.807, 2.05) is 24.3 Å². The number of benzene rings is 1. The van der Waals surface area contributed by atoms with Crippen molar-refractivity contribution in [3.63, 3.8) is 0 Å². The summed E-state index contributed by atoms with van der Waals surface area (Å²) in [6, 6.07) is 8.78. The molecule has 0 aliphatic carbocycles. The van der Waals surface area contributed by atoms with Gasteiger partial charge in [-0.3, -0.25) is 4.79 Å². The highest BCUT2D eigenvalue weighted by atomic mass is 16.5. The zero-order valence-electron chi connectivity index (χ0n) is 12.2. The fraction of sp³-hybridized carbons (Fsp3) is 0.471. The molecule has 0 spiro atoms. The van der Waals surface area contributed by atoms with Crippen LogP contribution in [0.1, 0.15) is 36.0 Å². The second kappa shape index (κ2) is 6.31. The van der Waals surface area contributed by atoms with Gasteiger partial charge >= 0.3 is 0 Å². The molecular weight excluding hydrogens is 264 g/mol. The molecule has 112 valence electrons. The first-order valence-corrected chi connectivity index (χ1v) is 7.66. The summed E-state index contributed by atoms with van der Waals surface area (Å²) in [5, 5.41) is 6.75. The van der Waals surface area contributed by atoms with Crippen molar-refractivity contribution in [3.8, 4) is 5.75 Å². The van der Waals surface area contributed by atoms with E-state index in [0.29, 0.717) is 30.0 Å². The van der Waals surface area contributed by atoms with Gasteiger partial charge in [0.05, 0.1) is 5.56 Å². The van der Waals surface area contributed by atoms with E-state index in [2.05, 4.69) is 17.2 Å². The zero-order chi connectivity index (χ0) is 14.7. The lowest BCUT2D eigenvalue weighted by Gasteiger charge is -2.29. The van der Waals surface area contributed by atoms with Crippen molar-refractivity contribution in [2.75, 3.05) is 6.61 Å². The van der Waals surface area contributed by atoms with E-state index < -0.39 is 0 Å². The number of fused-ring (bicyclic) bond motifs is 2. The third-order valence-corrected chi connectivity index (χ3v) is 4.30. The number of carbonyl (C=O) groups is 1. The maximum absolute atomic E-state index is 12.5. The van der Waals surface area contributed by atoms with Gasteiger partial charge in [0.1, 0.15) is 12.4 Å². The number of nitrogens with one attached hydrogen (secondary N) is 2. The van der Waals surface area contributed by atoms with Crippen molar-refractivity contribution in [2.45, 2.75) is 43.8 Å². The first-order valence-electron chi connectivity index (χ1n) is 7.66. The van der Waals surface area contributed by atoms with Crippen LogP contribution in [0.4, 0.5) is 0 Å². The Bertz CT molecular complexity index is 517. The molecule has 0 saturated carbocycles. The number of hydrogen-bond acceptors (Lipinski definition) is 3. The smallest absolute Gasteiger partial charge is 0.255 e. The molecule has 0 radical (unpaired) electrons. The van der Waals surface area contributed by atoms with Crippen molar-refractivity contribution in [1.29, 1.82) is 0 Å². The van der Waals surface area contributed by atoms with E-state index in [1.165, 1.54) is 12.8 Å². The molecule has 2 N–H and O–H groups in total. The molecule has 2 aliphatic rings. The Morgan fingerprint density at radius 2 is 2.05 bits per heavy atom. The SMILES string of the molecule is C=CCOc1ccccc1C(=O)NC1CC2CCC(C1)N2. The van der Waals surface area contributed by atoms with Crippen molar-refractivity contribution in [1.82, 2.24) is 10.6 Å². The predicted molar refractivity (Wildman–Crippen MR) is 82.6 cm³/mol. The summed E-state index contributed by atoms with van der Waals surface area (Å²) < 4.78 is 5.56. The minimum absolute atomic E-state index is 0.0408. The van der Waals surface area contributed by atoms with Gasteiger partial charge in [-0.25, -0.2) is 0 Å². The number of hydrogen-bond donors (Lipinski definition) is 2. The summed E-state index contributed by atoms with van der Waals surface area (Å²) in [5.74, 6) is 0.577. The Balaban J connectivity index is 1.66. The highest BCUT2D eigenvalue weighted by molar-refractivity contribution is 5.97. The van der Waals surface area contributed by atoms with E-state index in [1.54, 1.807) is 6.08 Å². The summed E-state index contributed by atoms with van der Waals surface area (Å²) in [5.41, 5.74) is 0.602. The van der Waals surface area contributed by atoms with E-state index in [9.17, 15) is 4.79 Å². The van der Waals surface area contributed by atoms with Crippen LogP contribution >= 0.6 is 0 Å². The number of piperidine rings is 1. The van der Waals surface area contributed by atoms with Crippen LogP contribution in [0.2, 0.25) is 0 Å². The molecule has 21 heavy (non-hydrogen) atoms. The topological polar surface area (TPSA) is 50.4 Å². The van der Waals surface area contributed by atoms with Crippen LogP contribution in [0.15, 0.2) is 36.9 Å². The van der Waals surface area contributed by atoms with E-state index in [4.69, 9.17) is 4.74 Å². The second-order valence-corrected chi connectivity index (χ2v) is 5.88. The van der Waals surface area contributed by atoms with Crippen molar-refractivity contribution in [2.24, 2.45) is 0 Å². The van der Waals surface area contributed by atoms with Crippen LogP contribution in [0.3, 0.4) is 0 Å². The summed E-state index contributed by atoms with van der Waals surface area (Å²) in [7, 11) is 0. The Morgan fingerprint density at radius 3 is 2.76 bits per heavy atom. The normalized spacial score (nSPS) is 27.1. The number of rotatable bonds is 5. The molecule has 4 nitrogen and oxygen atoms in total. The predicted octanol–water partition coefficient (Wildman–Crippen LogP) is 2.26. The molecule has 1 aromatic carbocycles. The fourth-order valence-corrected chi connectivity index (χ4v) is 3.37. The second-order valence-electron chi connectivity index (χ2n) is 5.88. The quantitative estimate of drug-likeness (QED) is 0.816. The number of amides is 1. The highest BCUT2D eigenvalue weighted by Crippen LogP contribution is 2.27. The molecule has 2 aliphatic heterocycles. The maximum Gasteiger partial charge on any atom is 0.255 e. The van der Waals surface area contributed by atoms with Gasteiger partial charge in [-0.05, 0) is 37.8 Å². The average molecular weight is 286 g/mol. The summed E-state index contributed by atoms with van der Waals surface area (Å²) in [4.78, 5) is 12.5. The lowest BCUT2D eigenvalue weighted by Crippen LogP contribution is -2.48. The first-order chi connectivity index (χ1) is 10.3.